The second-order valence-electron chi connectivity index (χ2n) is 13.6. The number of nitrogens with one attached hydrogen (secondary N) is 4. The molecule has 0 aromatic heterocycles. The molecule has 0 heterocycles. The number of alkyl carbamates (subject to hydrolysis) is 2. The normalized spacial score (nSPS) is 14.0. The van der Waals surface area contributed by atoms with Crippen LogP contribution in [0.15, 0.2) is 48.5 Å². The molecule has 3 atom stereocenters. The molecule has 0 radical (unpaired) electrons. The minimum Gasteiger partial charge on any atom is -0.461 e. The maximum absolute atomic E-state index is 13.4. The number of hydrogen-bond donors (Lipinski definition) is 4. The van der Waals surface area contributed by atoms with Gasteiger partial charge in [-0.15, -0.1) is 11.8 Å². The summed E-state index contributed by atoms with van der Waals surface area (Å²) >= 11 is 18.4. The van der Waals surface area contributed by atoms with E-state index in [0.717, 1.165) is 34.0 Å². The summed E-state index contributed by atoms with van der Waals surface area (Å²) in [7, 11) is 0. The van der Waals surface area contributed by atoms with Gasteiger partial charge in [0, 0.05) is 18.6 Å². The molecule has 0 bridgehead atoms. The number of alkyl halides is 3. The summed E-state index contributed by atoms with van der Waals surface area (Å²) in [6.07, 6.45) is -1.88. The van der Waals surface area contributed by atoms with Crippen LogP contribution in [0, 0.1) is 5.92 Å². The van der Waals surface area contributed by atoms with E-state index in [1.165, 1.54) is 6.92 Å². The average Bonchev–Trinajstić information content (AvgIpc) is 3.40. The van der Waals surface area contributed by atoms with E-state index < -0.39 is 76.7 Å². The quantitative estimate of drug-likeness (QED) is 0.0572. The van der Waals surface area contributed by atoms with Gasteiger partial charge in [0.1, 0.15) is 37.5 Å². The Kier molecular flexibility index (Phi) is 16.6. The van der Waals surface area contributed by atoms with Gasteiger partial charge in [-0.2, -0.15) is 0 Å². The predicted octanol–water partition coefficient (Wildman–Crippen LogP) is 5.21. The van der Waals surface area contributed by atoms with Crippen molar-refractivity contribution in [3.8, 4) is 11.1 Å². The van der Waals surface area contributed by atoms with Crippen molar-refractivity contribution in [2.45, 2.75) is 75.0 Å². The van der Waals surface area contributed by atoms with E-state index in [1.54, 1.807) is 34.6 Å². The highest BCUT2D eigenvalue weighted by Crippen LogP contribution is 2.44. The molecule has 18 heteroatoms. The number of benzene rings is 2. The first-order chi connectivity index (χ1) is 25.3. The zero-order valence-corrected chi connectivity index (χ0v) is 33.7. The lowest BCUT2D eigenvalue weighted by Gasteiger charge is -2.26. The van der Waals surface area contributed by atoms with Crippen LogP contribution in [0.3, 0.4) is 0 Å². The number of carbonyl (C=O) groups excluding carboxylic acids is 6. The minimum atomic E-state index is -1.97. The summed E-state index contributed by atoms with van der Waals surface area (Å²) in [4.78, 5) is 76.8. The summed E-state index contributed by atoms with van der Waals surface area (Å²) in [6.45, 7) is 8.07. The summed E-state index contributed by atoms with van der Waals surface area (Å²) < 4.78 is 19.3. The fourth-order valence-corrected chi connectivity index (χ4v) is 6.23. The summed E-state index contributed by atoms with van der Waals surface area (Å²) in [5.41, 5.74) is 3.11. The number of fused-ring (bicyclic) bond motifs is 3. The van der Waals surface area contributed by atoms with Crippen LogP contribution in [-0.2, 0) is 38.1 Å². The van der Waals surface area contributed by atoms with Crippen LogP contribution in [-0.4, -0.2) is 94.9 Å². The summed E-state index contributed by atoms with van der Waals surface area (Å²) in [5, 5.41) is 10.0. The van der Waals surface area contributed by atoms with Gasteiger partial charge in [-0.1, -0.05) is 97.2 Å². The SMILES string of the molecule is CC(=O)NCSC[C@H](NC(=O)OC(C)(C)C)C(=O)N[C@H](C(=O)OC[C@@H](NC(=O)OCC1c2ccccc2-c2ccccc21)C(=O)OCC(Cl)(Cl)Cl)C(C)C. The molecular weight excluding hydrogens is 787 g/mol. The van der Waals surface area contributed by atoms with Crippen LogP contribution in [0.5, 0.6) is 0 Å². The molecule has 0 unspecified atom stereocenters. The molecule has 0 spiro atoms. The third-order valence-electron chi connectivity index (χ3n) is 7.62. The van der Waals surface area contributed by atoms with E-state index in [2.05, 4.69) is 21.3 Å². The van der Waals surface area contributed by atoms with Crippen molar-refractivity contribution in [3.05, 3.63) is 59.7 Å². The molecule has 2 aromatic rings. The van der Waals surface area contributed by atoms with E-state index in [4.69, 9.17) is 53.8 Å². The fraction of sp³-hybridized carbons (Fsp3) is 0.500. The molecule has 14 nitrogen and oxygen atoms in total. The van der Waals surface area contributed by atoms with Crippen molar-refractivity contribution >= 4 is 82.5 Å². The Hall–Kier alpha value is -3.92. The second-order valence-corrected chi connectivity index (χ2v) is 17.1. The number of halogens is 3. The molecule has 0 saturated carbocycles. The first-order valence-electron chi connectivity index (χ1n) is 16.9. The number of amides is 4. The first kappa shape index (κ1) is 44.5. The highest BCUT2D eigenvalue weighted by atomic mass is 35.6. The molecule has 0 aliphatic heterocycles. The third kappa shape index (κ3) is 14.4. The molecule has 2 aromatic carbocycles. The van der Waals surface area contributed by atoms with E-state index in [-0.39, 0.29) is 30.1 Å². The van der Waals surface area contributed by atoms with Gasteiger partial charge >= 0.3 is 24.1 Å². The van der Waals surface area contributed by atoms with Gasteiger partial charge in [0.2, 0.25) is 15.6 Å². The molecule has 3 rings (SSSR count). The Balaban J connectivity index is 1.70. The van der Waals surface area contributed by atoms with Crippen molar-refractivity contribution in [1.29, 1.82) is 0 Å². The Morgan fingerprint density at radius 2 is 1.35 bits per heavy atom. The largest absolute Gasteiger partial charge is 0.461 e. The average molecular weight is 832 g/mol. The summed E-state index contributed by atoms with van der Waals surface area (Å²) in [6, 6.07) is 11.4. The van der Waals surface area contributed by atoms with Crippen molar-refractivity contribution in [1.82, 2.24) is 21.3 Å². The molecule has 4 amide bonds. The molecule has 1 aliphatic rings. The van der Waals surface area contributed by atoms with Gasteiger partial charge in [-0.3, -0.25) is 9.59 Å². The molecule has 4 N–H and O–H groups in total. The number of thioether (sulfide) groups is 1. The van der Waals surface area contributed by atoms with Crippen LogP contribution < -0.4 is 21.3 Å². The Labute approximate surface area is 333 Å². The van der Waals surface area contributed by atoms with Crippen LogP contribution in [0.4, 0.5) is 9.59 Å². The molecule has 296 valence electrons. The third-order valence-corrected chi connectivity index (χ3v) is 8.87. The lowest BCUT2D eigenvalue weighted by molar-refractivity contribution is -0.155. The highest BCUT2D eigenvalue weighted by molar-refractivity contribution is 7.99. The van der Waals surface area contributed by atoms with Crippen LogP contribution in [0.25, 0.3) is 11.1 Å². The fourth-order valence-electron chi connectivity index (χ4n) is 5.17. The van der Waals surface area contributed by atoms with Crippen molar-refractivity contribution in [2.24, 2.45) is 5.92 Å². The number of rotatable bonds is 16. The van der Waals surface area contributed by atoms with Crippen molar-refractivity contribution < 1.29 is 47.7 Å². The zero-order chi connectivity index (χ0) is 40.2. The molecule has 0 saturated heterocycles. The van der Waals surface area contributed by atoms with Gasteiger partial charge in [0.05, 0.1) is 5.88 Å². The number of hydrogen-bond acceptors (Lipinski definition) is 11. The van der Waals surface area contributed by atoms with Crippen molar-refractivity contribution in [2.75, 3.05) is 31.5 Å². The van der Waals surface area contributed by atoms with Gasteiger partial charge in [0.15, 0.2) is 6.04 Å². The number of ether oxygens (including phenoxy) is 4. The van der Waals surface area contributed by atoms with E-state index in [1.807, 2.05) is 48.5 Å². The van der Waals surface area contributed by atoms with Crippen molar-refractivity contribution in [3.63, 3.8) is 0 Å². The predicted molar refractivity (Wildman–Crippen MR) is 205 cm³/mol. The smallest absolute Gasteiger partial charge is 0.408 e. The lowest BCUT2D eigenvalue weighted by atomic mass is 9.98. The van der Waals surface area contributed by atoms with E-state index >= 15 is 0 Å². The maximum Gasteiger partial charge on any atom is 0.408 e. The Morgan fingerprint density at radius 3 is 1.89 bits per heavy atom. The van der Waals surface area contributed by atoms with Gasteiger partial charge in [0.25, 0.3) is 0 Å². The van der Waals surface area contributed by atoms with Crippen LogP contribution in [0.2, 0.25) is 0 Å². The monoisotopic (exact) mass is 830 g/mol. The first-order valence-corrected chi connectivity index (χ1v) is 19.2. The maximum atomic E-state index is 13.4. The van der Waals surface area contributed by atoms with E-state index in [9.17, 15) is 28.8 Å². The van der Waals surface area contributed by atoms with Gasteiger partial charge in [-0.25, -0.2) is 19.2 Å². The Morgan fingerprint density at radius 1 is 0.778 bits per heavy atom. The molecule has 1 aliphatic carbocycles. The molecule has 54 heavy (non-hydrogen) atoms. The standard InChI is InChI=1S/C36H45Cl3N4O10S/c1-20(2)29(43-30(45)28(17-54-19-40-21(3)44)42-34(49)53-35(4,5)6)32(47)50-16-27(31(46)52-18-36(37,38)39)41-33(48)51-15-26-24-13-9-7-11-22(24)23-12-8-10-14-25(23)26/h7-14,20,26-29H,15-19H2,1-6H3,(H,40,44)(H,41,48)(H,42,49)(H,43,45)/t27-,28+,29+/m1/s1. The molecular formula is C36H45Cl3N4O10S. The Bertz CT molecular complexity index is 1620. The van der Waals surface area contributed by atoms with Gasteiger partial charge in [-0.05, 0) is 48.9 Å². The topological polar surface area (TPSA) is 187 Å². The number of carbonyl (C=O) groups is 6. The summed E-state index contributed by atoms with van der Waals surface area (Å²) in [5.74, 6) is -3.75. The number of esters is 2. The van der Waals surface area contributed by atoms with Crippen LogP contribution >= 0.6 is 46.6 Å². The second kappa shape index (κ2) is 20.1. The molecule has 0 fully saturated rings. The minimum absolute atomic E-state index is 0.00635. The lowest BCUT2D eigenvalue weighted by Crippen LogP contribution is -2.55. The van der Waals surface area contributed by atoms with Gasteiger partial charge < -0.3 is 40.2 Å². The zero-order valence-electron chi connectivity index (χ0n) is 30.7. The highest BCUT2D eigenvalue weighted by Gasteiger charge is 2.35. The van der Waals surface area contributed by atoms with E-state index in [0.29, 0.717) is 0 Å². The van der Waals surface area contributed by atoms with Crippen LogP contribution in [0.1, 0.15) is 58.6 Å².